The molecule has 0 saturated carbocycles. The third-order valence-corrected chi connectivity index (χ3v) is 5.23. The molecule has 1 saturated heterocycles. The predicted molar refractivity (Wildman–Crippen MR) is 99.0 cm³/mol. The van der Waals surface area contributed by atoms with E-state index in [0.29, 0.717) is 11.1 Å². The average Bonchev–Trinajstić information content (AvgIpc) is 3.06. The molecule has 0 bridgehead atoms. The van der Waals surface area contributed by atoms with Crippen molar-refractivity contribution >= 4 is 16.8 Å². The van der Waals surface area contributed by atoms with E-state index in [-0.39, 0.29) is 5.41 Å². The molecule has 2 aromatic carbocycles. The lowest BCUT2D eigenvalue weighted by Crippen LogP contribution is -2.41. The predicted octanol–water partition coefficient (Wildman–Crippen LogP) is 2.77. The van der Waals surface area contributed by atoms with Crippen LogP contribution in [0.3, 0.4) is 0 Å². The van der Waals surface area contributed by atoms with Gasteiger partial charge in [-0.25, -0.2) is 4.68 Å². The van der Waals surface area contributed by atoms with Crippen molar-refractivity contribution in [3.8, 4) is 5.69 Å². The van der Waals surface area contributed by atoms with E-state index < -0.39 is 5.91 Å². The van der Waals surface area contributed by atoms with Gasteiger partial charge in [-0.1, -0.05) is 31.2 Å². The van der Waals surface area contributed by atoms with Gasteiger partial charge >= 0.3 is 0 Å². The minimum Gasteiger partial charge on any atom is -0.366 e. The summed E-state index contributed by atoms with van der Waals surface area (Å²) >= 11 is 0. The summed E-state index contributed by atoms with van der Waals surface area (Å²) in [5, 5.41) is 8.97. The summed E-state index contributed by atoms with van der Waals surface area (Å²) in [6.45, 7) is 4.44. The molecule has 128 valence electrons. The van der Waals surface area contributed by atoms with E-state index in [1.807, 2.05) is 23.0 Å². The van der Waals surface area contributed by atoms with Gasteiger partial charge in [0.2, 0.25) is 0 Å². The van der Waals surface area contributed by atoms with Gasteiger partial charge in [0, 0.05) is 23.5 Å². The minimum absolute atomic E-state index is 0.185. The van der Waals surface area contributed by atoms with Crippen molar-refractivity contribution in [2.45, 2.75) is 25.2 Å². The maximum absolute atomic E-state index is 11.6. The number of aromatic nitrogens is 2. The first-order valence-corrected chi connectivity index (χ1v) is 8.67. The maximum atomic E-state index is 11.6. The second kappa shape index (κ2) is 6.01. The summed E-state index contributed by atoms with van der Waals surface area (Å²) in [5.41, 5.74) is 9.05. The van der Waals surface area contributed by atoms with Gasteiger partial charge in [-0.3, -0.25) is 4.79 Å². The molecule has 1 aliphatic rings. The van der Waals surface area contributed by atoms with Gasteiger partial charge in [-0.15, -0.1) is 0 Å². The van der Waals surface area contributed by atoms with Gasteiger partial charge in [0.15, 0.2) is 0 Å². The lowest BCUT2D eigenvalue weighted by atomic mass is 9.76. The van der Waals surface area contributed by atoms with E-state index >= 15 is 0 Å². The summed E-state index contributed by atoms with van der Waals surface area (Å²) in [4.78, 5) is 11.6. The van der Waals surface area contributed by atoms with Crippen LogP contribution in [0.15, 0.2) is 48.7 Å². The molecule has 1 aliphatic heterocycles. The van der Waals surface area contributed by atoms with E-state index in [4.69, 9.17) is 5.73 Å². The Morgan fingerprint density at radius 2 is 2.04 bits per heavy atom. The van der Waals surface area contributed by atoms with Crippen LogP contribution in [-0.4, -0.2) is 28.8 Å². The molecule has 3 N–H and O–H groups in total. The second-order valence-electron chi connectivity index (χ2n) is 7.07. The number of nitrogens with two attached hydrogens (primary N) is 1. The third-order valence-electron chi connectivity index (χ3n) is 5.23. The highest BCUT2D eigenvalue weighted by molar-refractivity contribution is 6.04. The molecular weight excluding hydrogens is 312 g/mol. The molecule has 0 spiro atoms. The molecule has 0 aliphatic carbocycles. The summed E-state index contributed by atoms with van der Waals surface area (Å²) in [6, 6.07) is 14.0. The lowest BCUT2D eigenvalue weighted by Gasteiger charge is -2.34. The molecule has 1 amide bonds. The molecule has 0 radical (unpaired) electrons. The van der Waals surface area contributed by atoms with Crippen molar-refractivity contribution in [1.29, 1.82) is 0 Å². The first kappa shape index (κ1) is 15.8. The van der Waals surface area contributed by atoms with E-state index in [0.717, 1.165) is 24.2 Å². The molecule has 4 rings (SSSR count). The monoisotopic (exact) mass is 334 g/mol. The largest absolute Gasteiger partial charge is 0.366 e. The number of amides is 1. The van der Waals surface area contributed by atoms with Gasteiger partial charge in [-0.05, 0) is 43.1 Å². The topological polar surface area (TPSA) is 72.9 Å². The Morgan fingerprint density at radius 3 is 2.72 bits per heavy atom. The summed E-state index contributed by atoms with van der Waals surface area (Å²) in [7, 11) is 0. The zero-order chi connectivity index (χ0) is 17.4. The Balaban J connectivity index is 1.69. The number of hydrogen-bond donors (Lipinski definition) is 2. The molecule has 1 aromatic heterocycles. The fourth-order valence-corrected chi connectivity index (χ4v) is 3.70. The van der Waals surface area contributed by atoms with Crippen LogP contribution in [-0.2, 0) is 5.41 Å². The minimum atomic E-state index is -0.455. The van der Waals surface area contributed by atoms with E-state index in [9.17, 15) is 4.79 Å². The van der Waals surface area contributed by atoms with Crippen LogP contribution < -0.4 is 11.1 Å². The van der Waals surface area contributed by atoms with Crippen LogP contribution in [0.1, 0.15) is 35.7 Å². The van der Waals surface area contributed by atoms with Gasteiger partial charge in [0.1, 0.15) is 5.52 Å². The quantitative estimate of drug-likeness (QED) is 0.773. The van der Waals surface area contributed by atoms with Crippen molar-refractivity contribution in [1.82, 2.24) is 15.1 Å². The van der Waals surface area contributed by atoms with Gasteiger partial charge < -0.3 is 11.1 Å². The number of fused-ring (bicyclic) bond motifs is 1. The zero-order valence-corrected chi connectivity index (χ0v) is 14.3. The van der Waals surface area contributed by atoms with Crippen LogP contribution in [0.2, 0.25) is 0 Å². The van der Waals surface area contributed by atoms with Crippen molar-refractivity contribution < 1.29 is 4.79 Å². The highest BCUT2D eigenvalue weighted by Gasteiger charge is 2.28. The van der Waals surface area contributed by atoms with Crippen molar-refractivity contribution in [2.75, 3.05) is 13.1 Å². The number of piperidine rings is 1. The zero-order valence-electron chi connectivity index (χ0n) is 14.3. The number of nitrogens with zero attached hydrogens (tertiary/aromatic N) is 2. The van der Waals surface area contributed by atoms with Crippen molar-refractivity contribution in [3.05, 3.63) is 59.8 Å². The Bertz CT molecular complexity index is 921. The molecule has 25 heavy (non-hydrogen) atoms. The highest BCUT2D eigenvalue weighted by atomic mass is 16.1. The molecule has 2 heterocycles. The summed E-state index contributed by atoms with van der Waals surface area (Å²) < 4.78 is 1.81. The Hall–Kier alpha value is -2.66. The SMILES string of the molecule is CC1(c2ccc(-n3cc4cccc(C(N)=O)c4n3)cc2)CCCNC1. The molecular formula is C20H22N4O. The third kappa shape index (κ3) is 2.81. The Labute approximate surface area is 146 Å². The number of rotatable bonds is 3. The van der Waals surface area contributed by atoms with Crippen molar-refractivity contribution in [2.24, 2.45) is 5.73 Å². The maximum Gasteiger partial charge on any atom is 0.250 e. The Morgan fingerprint density at radius 1 is 1.24 bits per heavy atom. The van der Waals surface area contributed by atoms with Crippen LogP contribution in [0.5, 0.6) is 0 Å². The van der Waals surface area contributed by atoms with E-state index in [1.54, 1.807) is 6.07 Å². The van der Waals surface area contributed by atoms with Gasteiger partial charge in [-0.2, -0.15) is 5.10 Å². The smallest absolute Gasteiger partial charge is 0.250 e. The standard InChI is InChI=1S/C20H22N4O/c1-20(10-3-11-22-13-20)15-6-8-16(9-7-15)24-12-14-4-2-5-17(19(21)25)18(14)23-24/h2,4-9,12,22H,3,10-11,13H2,1H3,(H2,21,25). The van der Waals surface area contributed by atoms with Crippen LogP contribution in [0, 0.1) is 0 Å². The van der Waals surface area contributed by atoms with E-state index in [1.165, 1.54) is 18.4 Å². The number of primary amides is 1. The fourth-order valence-electron chi connectivity index (χ4n) is 3.70. The lowest BCUT2D eigenvalue weighted by molar-refractivity contribution is 0.100. The Kier molecular flexibility index (Phi) is 3.81. The summed E-state index contributed by atoms with van der Waals surface area (Å²) in [5.74, 6) is -0.455. The molecule has 5 heteroatoms. The molecule has 1 atom stereocenters. The average molecular weight is 334 g/mol. The number of nitrogens with one attached hydrogen (secondary N) is 1. The number of carbonyl (C=O) groups is 1. The van der Waals surface area contributed by atoms with Crippen molar-refractivity contribution in [3.63, 3.8) is 0 Å². The molecule has 1 unspecified atom stereocenters. The molecule has 1 fully saturated rings. The van der Waals surface area contributed by atoms with Crippen LogP contribution in [0.25, 0.3) is 16.6 Å². The van der Waals surface area contributed by atoms with Crippen LogP contribution >= 0.6 is 0 Å². The second-order valence-corrected chi connectivity index (χ2v) is 7.07. The normalized spacial score (nSPS) is 20.7. The fraction of sp³-hybridized carbons (Fsp3) is 0.300. The molecule has 5 nitrogen and oxygen atoms in total. The summed E-state index contributed by atoms with van der Waals surface area (Å²) in [6.07, 6.45) is 4.34. The number of carbonyl (C=O) groups excluding carboxylic acids is 1. The molecule has 3 aromatic rings. The van der Waals surface area contributed by atoms with Gasteiger partial charge in [0.05, 0.1) is 11.3 Å². The first-order valence-electron chi connectivity index (χ1n) is 8.67. The number of benzene rings is 2. The van der Waals surface area contributed by atoms with Gasteiger partial charge in [0.25, 0.3) is 5.91 Å². The van der Waals surface area contributed by atoms with E-state index in [2.05, 4.69) is 41.6 Å². The number of hydrogen-bond acceptors (Lipinski definition) is 3. The first-order chi connectivity index (χ1) is 12.1. The highest BCUT2D eigenvalue weighted by Crippen LogP contribution is 2.31. The van der Waals surface area contributed by atoms with Crippen LogP contribution in [0.4, 0.5) is 0 Å².